The van der Waals surface area contributed by atoms with Gasteiger partial charge in [0.1, 0.15) is 0 Å². The maximum atomic E-state index is 4.09. The topological polar surface area (TPSA) is 6.48 Å². The van der Waals surface area contributed by atoms with Gasteiger partial charge in [0.15, 0.2) is 0 Å². The SMILES string of the molecule is C=Cc1ccc(CC2(c3ccccc3)c3ccccc3-c3ccc(N(c4cccc5ccccc45)c4ccc(-c5ccc(N(c6ccc7c(c6)C(Cc6ccc(C=C)cc6)(c6ccccc6)c6ccccc6-7)c6cccc7ccccc67)c6ccccc56)c5ccccc45)cc32)cc1. The van der Waals surface area contributed by atoms with Crippen LogP contribution in [0, 0.1) is 0 Å². The van der Waals surface area contributed by atoms with Crippen LogP contribution in [0.1, 0.15) is 55.6 Å². The molecule has 16 aromatic rings. The van der Waals surface area contributed by atoms with Crippen molar-refractivity contribution in [3.05, 3.63) is 421 Å². The molecule has 0 aromatic heterocycles. The highest BCUT2D eigenvalue weighted by atomic mass is 15.2. The Labute approximate surface area is 573 Å². The summed E-state index contributed by atoms with van der Waals surface area (Å²) in [6, 6.07) is 132. The van der Waals surface area contributed by atoms with Gasteiger partial charge in [-0.1, -0.05) is 329 Å². The van der Waals surface area contributed by atoms with Crippen molar-refractivity contribution in [2.24, 2.45) is 0 Å². The van der Waals surface area contributed by atoms with Gasteiger partial charge in [0, 0.05) is 32.9 Å². The summed E-state index contributed by atoms with van der Waals surface area (Å²) in [6.07, 6.45) is 5.42. The fraction of sp³-hybridized carbons (Fsp3) is 0.0417. The van der Waals surface area contributed by atoms with Crippen LogP contribution in [0.4, 0.5) is 34.1 Å². The molecule has 0 heterocycles. The molecule has 0 N–H and O–H groups in total. The molecule has 0 amide bonds. The Bertz CT molecular complexity index is 5440. The van der Waals surface area contributed by atoms with E-state index in [1.165, 1.54) is 110 Å². The first-order valence-electron chi connectivity index (χ1n) is 34.1. The van der Waals surface area contributed by atoms with Crippen molar-refractivity contribution in [3.63, 3.8) is 0 Å². The zero-order valence-corrected chi connectivity index (χ0v) is 54.4. The first-order chi connectivity index (χ1) is 48.5. The molecule has 0 bridgehead atoms. The van der Waals surface area contributed by atoms with Gasteiger partial charge in [-0.15, -0.1) is 0 Å². The van der Waals surface area contributed by atoms with E-state index in [1.54, 1.807) is 0 Å². The van der Waals surface area contributed by atoms with E-state index in [2.05, 4.69) is 375 Å². The maximum absolute atomic E-state index is 4.09. The molecule has 0 radical (unpaired) electrons. The predicted molar refractivity (Wildman–Crippen MR) is 415 cm³/mol. The number of hydrogen-bond donors (Lipinski definition) is 0. The standard InChI is InChI=1S/C96H68N2/c1-3-65-45-49-67(50-46-65)63-95(71-29-7-5-8-30-71)87-41-21-19-37-81(87)83-55-53-73(61-89(83)95)97(91-43-23-27-69-25-11-13-33-75(69)91)93-59-57-79(77-35-15-17-39-85(77)93)80-58-60-94(86-40-18-16-36-78(80)86)98(92-44-24-28-70-26-12-14-34-76(70)92)74-54-56-84-82-38-20-22-42-88(82)96(90(84)62-74,72-31-9-6-10-32-72)64-68-51-47-66(4-2)48-52-68/h3-62H,1-2,63-64H2. The fourth-order valence-electron chi connectivity index (χ4n) is 16.8. The Morgan fingerprint density at radius 2 is 0.571 bits per heavy atom. The average molecular weight is 1250 g/mol. The van der Waals surface area contributed by atoms with Crippen molar-refractivity contribution in [1.82, 2.24) is 0 Å². The Hall–Kier alpha value is -12.4. The molecular formula is C96H68N2. The minimum atomic E-state index is -0.496. The number of fused-ring (bicyclic) bond motifs is 10. The van der Waals surface area contributed by atoms with Crippen molar-refractivity contribution in [2.45, 2.75) is 23.7 Å². The molecule has 0 aliphatic heterocycles. The van der Waals surface area contributed by atoms with Crippen molar-refractivity contribution < 1.29 is 0 Å². The highest BCUT2D eigenvalue weighted by Gasteiger charge is 2.47. The first kappa shape index (κ1) is 58.2. The summed E-state index contributed by atoms with van der Waals surface area (Å²) in [6.45, 7) is 8.19. The summed E-state index contributed by atoms with van der Waals surface area (Å²) >= 11 is 0. The van der Waals surface area contributed by atoms with E-state index in [-0.39, 0.29) is 0 Å². The molecule has 462 valence electrons. The average Bonchev–Trinajstić information content (AvgIpc) is 1.51. The van der Waals surface area contributed by atoms with Crippen LogP contribution in [-0.2, 0) is 23.7 Å². The van der Waals surface area contributed by atoms with Gasteiger partial charge in [-0.2, -0.15) is 0 Å². The summed E-state index contributed by atoms with van der Waals surface area (Å²) in [5.41, 5.74) is 25.6. The molecular weight excluding hydrogens is 1180 g/mol. The number of hydrogen-bond acceptors (Lipinski definition) is 2. The lowest BCUT2D eigenvalue weighted by molar-refractivity contribution is 0.629. The zero-order valence-electron chi connectivity index (χ0n) is 54.4. The number of rotatable bonds is 15. The molecule has 18 rings (SSSR count). The van der Waals surface area contributed by atoms with Crippen LogP contribution in [0.3, 0.4) is 0 Å². The van der Waals surface area contributed by atoms with Crippen molar-refractivity contribution in [1.29, 1.82) is 0 Å². The first-order valence-corrected chi connectivity index (χ1v) is 34.1. The molecule has 0 saturated carbocycles. The molecule has 2 aliphatic carbocycles. The largest absolute Gasteiger partial charge is 0.309 e. The van der Waals surface area contributed by atoms with Gasteiger partial charge in [-0.05, 0) is 172 Å². The van der Waals surface area contributed by atoms with Gasteiger partial charge < -0.3 is 9.80 Å². The molecule has 0 spiro atoms. The van der Waals surface area contributed by atoms with Crippen molar-refractivity contribution in [2.75, 3.05) is 9.80 Å². The Morgan fingerprint density at radius 1 is 0.245 bits per heavy atom. The van der Waals surface area contributed by atoms with Crippen LogP contribution in [-0.4, -0.2) is 0 Å². The lowest BCUT2D eigenvalue weighted by atomic mass is 9.68. The summed E-state index contributed by atoms with van der Waals surface area (Å²) in [7, 11) is 0. The van der Waals surface area contributed by atoms with Gasteiger partial charge >= 0.3 is 0 Å². The smallest absolute Gasteiger partial charge is 0.0540 e. The molecule has 0 saturated heterocycles. The van der Waals surface area contributed by atoms with Crippen LogP contribution in [0.15, 0.2) is 365 Å². The van der Waals surface area contributed by atoms with Crippen LogP contribution in [0.25, 0.3) is 88.6 Å². The van der Waals surface area contributed by atoms with Crippen LogP contribution in [0.2, 0.25) is 0 Å². The highest BCUT2D eigenvalue weighted by molar-refractivity contribution is 6.15. The molecule has 0 fully saturated rings. The van der Waals surface area contributed by atoms with Crippen molar-refractivity contribution in [3.8, 4) is 33.4 Å². The minimum Gasteiger partial charge on any atom is -0.309 e. The summed E-state index contributed by atoms with van der Waals surface area (Å²) < 4.78 is 0. The predicted octanol–water partition coefficient (Wildman–Crippen LogP) is 25.3. The second kappa shape index (κ2) is 23.8. The van der Waals surface area contributed by atoms with Crippen LogP contribution >= 0.6 is 0 Å². The normalized spacial score (nSPS) is 15.0. The molecule has 16 aromatic carbocycles. The molecule has 2 heteroatoms. The maximum Gasteiger partial charge on any atom is 0.0540 e. The van der Waals surface area contributed by atoms with E-state index in [0.717, 1.165) is 68.9 Å². The lowest BCUT2D eigenvalue weighted by Gasteiger charge is -2.35. The molecule has 2 nitrogen and oxygen atoms in total. The van der Waals surface area contributed by atoms with E-state index in [1.807, 2.05) is 12.2 Å². The minimum absolute atomic E-state index is 0.496. The molecule has 2 atom stereocenters. The number of nitrogens with zero attached hydrogens (tertiary/aromatic N) is 2. The monoisotopic (exact) mass is 1250 g/mol. The van der Waals surface area contributed by atoms with Gasteiger partial charge in [0.25, 0.3) is 0 Å². The second-order valence-corrected chi connectivity index (χ2v) is 26.4. The van der Waals surface area contributed by atoms with E-state index < -0.39 is 10.8 Å². The Kier molecular flexibility index (Phi) is 14.2. The van der Waals surface area contributed by atoms with E-state index in [0.29, 0.717) is 0 Å². The Balaban J connectivity index is 0.826. The number of anilines is 6. The number of benzene rings is 16. The summed E-state index contributed by atoms with van der Waals surface area (Å²) in [5.74, 6) is 0. The van der Waals surface area contributed by atoms with Gasteiger partial charge in [0.05, 0.1) is 33.6 Å². The van der Waals surface area contributed by atoms with E-state index in [9.17, 15) is 0 Å². The van der Waals surface area contributed by atoms with Gasteiger partial charge in [-0.3, -0.25) is 0 Å². The second-order valence-electron chi connectivity index (χ2n) is 26.4. The summed E-state index contributed by atoms with van der Waals surface area (Å²) in [4.78, 5) is 5.07. The van der Waals surface area contributed by atoms with E-state index >= 15 is 0 Å². The molecule has 2 aliphatic rings. The van der Waals surface area contributed by atoms with Gasteiger partial charge in [-0.25, -0.2) is 0 Å². The molecule has 2 unspecified atom stereocenters. The van der Waals surface area contributed by atoms with E-state index in [4.69, 9.17) is 0 Å². The lowest BCUT2D eigenvalue weighted by Crippen LogP contribution is -2.30. The Morgan fingerprint density at radius 3 is 0.990 bits per heavy atom. The van der Waals surface area contributed by atoms with Crippen LogP contribution in [0.5, 0.6) is 0 Å². The quantitative estimate of drug-likeness (QED) is 0.101. The van der Waals surface area contributed by atoms with Gasteiger partial charge in [0.2, 0.25) is 0 Å². The third-order valence-corrected chi connectivity index (χ3v) is 21.3. The van der Waals surface area contributed by atoms with Crippen molar-refractivity contribution >= 4 is 89.4 Å². The fourth-order valence-corrected chi connectivity index (χ4v) is 16.8. The highest BCUT2D eigenvalue weighted by Crippen LogP contribution is 2.59. The summed E-state index contributed by atoms with van der Waals surface area (Å²) in [5, 5.41) is 9.38. The third kappa shape index (κ3) is 9.31. The zero-order chi connectivity index (χ0) is 65.3. The third-order valence-electron chi connectivity index (χ3n) is 21.3. The van der Waals surface area contributed by atoms with Crippen LogP contribution < -0.4 is 9.80 Å². The molecule has 98 heavy (non-hydrogen) atoms.